The van der Waals surface area contributed by atoms with Gasteiger partial charge in [0.2, 0.25) is 0 Å². The van der Waals surface area contributed by atoms with E-state index in [2.05, 4.69) is 26.2 Å². The summed E-state index contributed by atoms with van der Waals surface area (Å²) < 4.78 is 13.5. The van der Waals surface area contributed by atoms with Gasteiger partial charge in [0, 0.05) is 11.1 Å². The molecule has 0 amide bonds. The molecule has 7 heteroatoms. The van der Waals surface area contributed by atoms with Gasteiger partial charge in [-0.2, -0.15) is 0 Å². The van der Waals surface area contributed by atoms with E-state index < -0.39 is 11.4 Å². The molecule has 2 aromatic rings. The van der Waals surface area contributed by atoms with Gasteiger partial charge in [-0.25, -0.2) is 9.37 Å². The lowest BCUT2D eigenvalue weighted by Gasteiger charge is -2.15. The highest BCUT2D eigenvalue weighted by Crippen LogP contribution is 2.30. The molecule has 0 fully saturated rings. The van der Waals surface area contributed by atoms with Gasteiger partial charge in [0.1, 0.15) is 11.2 Å². The van der Waals surface area contributed by atoms with Gasteiger partial charge < -0.3 is 10.4 Å². The number of aliphatic carboxylic acids is 1. The minimum Gasteiger partial charge on any atom is -0.481 e. The van der Waals surface area contributed by atoms with Crippen LogP contribution in [0, 0.1) is 5.82 Å². The van der Waals surface area contributed by atoms with Crippen LogP contribution in [0.5, 0.6) is 0 Å². The second-order valence-electron chi connectivity index (χ2n) is 4.72. The zero-order valence-electron chi connectivity index (χ0n) is 10.8. The fraction of sp³-hybridized carbons (Fsp3) is 0.231. The molecule has 20 heavy (non-hydrogen) atoms. The van der Waals surface area contributed by atoms with Gasteiger partial charge in [-0.05, 0) is 48.0 Å². The Morgan fingerprint density at radius 1 is 1.50 bits per heavy atom. The van der Waals surface area contributed by atoms with Crippen molar-refractivity contribution in [2.45, 2.75) is 19.3 Å². The van der Waals surface area contributed by atoms with Crippen molar-refractivity contribution >= 4 is 44.1 Å². The van der Waals surface area contributed by atoms with E-state index >= 15 is 0 Å². The molecule has 0 saturated carbocycles. The van der Waals surface area contributed by atoms with Crippen molar-refractivity contribution in [3.05, 3.63) is 39.6 Å². The summed E-state index contributed by atoms with van der Waals surface area (Å²) in [5.74, 6) is -1.28. The van der Waals surface area contributed by atoms with Crippen molar-refractivity contribution in [1.29, 1.82) is 0 Å². The van der Waals surface area contributed by atoms with Crippen molar-refractivity contribution in [2.24, 2.45) is 0 Å². The monoisotopic (exact) mass is 358 g/mol. The number of hydrogen-bond acceptors (Lipinski definition) is 4. The Balaban J connectivity index is 2.21. The first-order chi connectivity index (χ1) is 9.30. The number of anilines is 2. The van der Waals surface area contributed by atoms with E-state index in [-0.39, 0.29) is 5.82 Å². The molecule has 2 rings (SSSR count). The number of nitrogens with one attached hydrogen (secondary N) is 1. The Hall–Kier alpha value is -1.47. The Kier molecular flexibility index (Phi) is 4.10. The molecule has 0 unspecified atom stereocenters. The zero-order valence-corrected chi connectivity index (χ0v) is 13.2. The summed E-state index contributed by atoms with van der Waals surface area (Å²) in [5, 5.41) is 14.4. The highest BCUT2D eigenvalue weighted by atomic mass is 79.9. The number of benzene rings is 1. The van der Waals surface area contributed by atoms with Gasteiger partial charge in [0.25, 0.3) is 0 Å². The molecule has 1 aromatic heterocycles. The first-order valence-corrected chi connectivity index (χ1v) is 7.39. The van der Waals surface area contributed by atoms with Crippen LogP contribution in [-0.4, -0.2) is 16.1 Å². The van der Waals surface area contributed by atoms with Crippen LogP contribution in [0.15, 0.2) is 28.1 Å². The summed E-state index contributed by atoms with van der Waals surface area (Å²) in [7, 11) is 0. The third-order valence-electron chi connectivity index (χ3n) is 2.85. The normalized spacial score (nSPS) is 11.4. The zero-order chi connectivity index (χ0) is 14.9. The summed E-state index contributed by atoms with van der Waals surface area (Å²) in [5.41, 5.74) is 0.116. The van der Waals surface area contributed by atoms with Crippen molar-refractivity contribution < 1.29 is 14.3 Å². The lowest BCUT2D eigenvalue weighted by atomic mass is 9.90. The standard InChI is InChI=1S/C13H12BrFN2O2S/c1-13(2,11(18)19)10-6-20-12(17-10)16-7-3-4-9(15)8(14)5-7/h3-6H,1-2H3,(H,16,17)(H,18,19). The third kappa shape index (κ3) is 2.99. The molecule has 1 heterocycles. The number of thiazole rings is 1. The maximum Gasteiger partial charge on any atom is 0.315 e. The first-order valence-electron chi connectivity index (χ1n) is 5.72. The van der Waals surface area contributed by atoms with Crippen LogP contribution in [0.3, 0.4) is 0 Å². The van der Waals surface area contributed by atoms with Crippen LogP contribution in [0.1, 0.15) is 19.5 Å². The summed E-state index contributed by atoms with van der Waals surface area (Å²) >= 11 is 4.41. The fourth-order valence-corrected chi connectivity index (χ4v) is 2.70. The molecular formula is C13H12BrFN2O2S. The molecule has 0 aliphatic rings. The average molecular weight is 359 g/mol. The smallest absolute Gasteiger partial charge is 0.315 e. The summed E-state index contributed by atoms with van der Waals surface area (Å²) in [6.45, 7) is 3.20. The first kappa shape index (κ1) is 14.9. The topological polar surface area (TPSA) is 62.2 Å². The minimum absolute atomic E-state index is 0.345. The van der Waals surface area contributed by atoms with Crippen molar-refractivity contribution in [3.63, 3.8) is 0 Å². The molecule has 2 N–H and O–H groups in total. The minimum atomic E-state index is -1.04. The summed E-state index contributed by atoms with van der Waals surface area (Å²) in [6, 6.07) is 4.52. The van der Waals surface area contributed by atoms with Crippen molar-refractivity contribution in [2.75, 3.05) is 5.32 Å². The number of carboxylic acid groups (broad SMARTS) is 1. The maximum absolute atomic E-state index is 13.1. The molecular weight excluding hydrogens is 347 g/mol. The summed E-state index contributed by atoms with van der Waals surface area (Å²) in [4.78, 5) is 15.4. The number of hydrogen-bond donors (Lipinski definition) is 2. The van der Waals surface area contributed by atoms with Crippen LogP contribution < -0.4 is 5.32 Å². The van der Waals surface area contributed by atoms with Gasteiger partial charge in [0.15, 0.2) is 5.13 Å². The predicted molar refractivity (Wildman–Crippen MR) is 80.2 cm³/mol. The molecule has 0 saturated heterocycles. The number of nitrogens with zero attached hydrogens (tertiary/aromatic N) is 1. The van der Waals surface area contributed by atoms with E-state index in [1.54, 1.807) is 31.4 Å². The predicted octanol–water partition coefficient (Wildman–Crippen LogP) is 4.15. The molecule has 0 aliphatic carbocycles. The van der Waals surface area contributed by atoms with Gasteiger partial charge in [0.05, 0.1) is 10.2 Å². The van der Waals surface area contributed by atoms with Crippen LogP contribution in [0.25, 0.3) is 0 Å². The van der Waals surface area contributed by atoms with Crippen LogP contribution >= 0.6 is 27.3 Å². The van der Waals surface area contributed by atoms with E-state index in [4.69, 9.17) is 5.11 Å². The second-order valence-corrected chi connectivity index (χ2v) is 6.43. The van der Waals surface area contributed by atoms with E-state index in [1.165, 1.54) is 17.4 Å². The highest BCUT2D eigenvalue weighted by Gasteiger charge is 2.32. The Morgan fingerprint density at radius 2 is 2.20 bits per heavy atom. The Morgan fingerprint density at radius 3 is 2.80 bits per heavy atom. The lowest BCUT2D eigenvalue weighted by Crippen LogP contribution is -2.28. The van der Waals surface area contributed by atoms with Crippen molar-refractivity contribution in [1.82, 2.24) is 4.98 Å². The molecule has 0 atom stereocenters. The molecule has 0 radical (unpaired) electrons. The van der Waals surface area contributed by atoms with E-state index in [1.807, 2.05) is 0 Å². The largest absolute Gasteiger partial charge is 0.481 e. The van der Waals surface area contributed by atoms with Crippen LogP contribution in [0.4, 0.5) is 15.2 Å². The van der Waals surface area contributed by atoms with Gasteiger partial charge >= 0.3 is 5.97 Å². The third-order valence-corrected chi connectivity index (χ3v) is 4.22. The maximum atomic E-state index is 13.1. The van der Waals surface area contributed by atoms with E-state index in [0.717, 1.165) is 0 Å². The Labute approximate surface area is 127 Å². The average Bonchev–Trinajstić information content (AvgIpc) is 2.83. The number of aromatic nitrogens is 1. The molecule has 4 nitrogen and oxygen atoms in total. The van der Waals surface area contributed by atoms with Gasteiger partial charge in [-0.15, -0.1) is 11.3 Å². The van der Waals surface area contributed by atoms with E-state index in [0.29, 0.717) is 21.0 Å². The highest BCUT2D eigenvalue weighted by molar-refractivity contribution is 9.10. The molecule has 0 bridgehead atoms. The van der Waals surface area contributed by atoms with Crippen LogP contribution in [0.2, 0.25) is 0 Å². The quantitative estimate of drug-likeness (QED) is 0.861. The second kappa shape index (κ2) is 5.49. The number of halogens is 2. The number of carboxylic acids is 1. The Bertz CT molecular complexity index is 658. The van der Waals surface area contributed by atoms with Gasteiger partial charge in [-0.3, -0.25) is 4.79 Å². The lowest BCUT2D eigenvalue weighted by molar-refractivity contribution is -0.142. The van der Waals surface area contributed by atoms with Gasteiger partial charge in [-0.1, -0.05) is 0 Å². The van der Waals surface area contributed by atoms with E-state index in [9.17, 15) is 9.18 Å². The molecule has 0 aliphatic heterocycles. The molecule has 106 valence electrons. The number of carbonyl (C=O) groups is 1. The number of rotatable bonds is 4. The SMILES string of the molecule is CC(C)(C(=O)O)c1csc(Nc2ccc(F)c(Br)c2)n1. The molecule has 1 aromatic carbocycles. The fourth-order valence-electron chi connectivity index (χ4n) is 1.43. The summed E-state index contributed by atoms with van der Waals surface area (Å²) in [6.07, 6.45) is 0. The van der Waals surface area contributed by atoms with Crippen LogP contribution in [-0.2, 0) is 10.2 Å². The van der Waals surface area contributed by atoms with Crippen molar-refractivity contribution in [3.8, 4) is 0 Å². The molecule has 0 spiro atoms.